The van der Waals surface area contributed by atoms with Crippen molar-refractivity contribution >= 4 is 17.6 Å². The zero-order valence-electron chi connectivity index (χ0n) is 11.8. The zero-order chi connectivity index (χ0) is 15.4. The third kappa shape index (κ3) is 3.15. The fourth-order valence-electron chi connectivity index (χ4n) is 2.14. The molecule has 0 fully saturated rings. The first-order chi connectivity index (χ1) is 10.7. The summed E-state index contributed by atoms with van der Waals surface area (Å²) in [6.45, 7) is 0. The Balaban J connectivity index is 1.76. The van der Waals surface area contributed by atoms with E-state index < -0.39 is 0 Å². The lowest BCUT2D eigenvalue weighted by Gasteiger charge is -2.07. The standard InChI is InChI=1S/C17H15N3O2/c18-16-14(17(21)20-15-7-4-10-22-15)9-8-13(19-16)11-12-5-2-1-3-6-12/h1-10H,11H2,(H2,18,19)(H,20,21). The molecule has 0 spiro atoms. The molecule has 0 saturated heterocycles. The van der Waals surface area contributed by atoms with Crippen LogP contribution in [0, 0.1) is 0 Å². The van der Waals surface area contributed by atoms with Crippen LogP contribution in [0.3, 0.4) is 0 Å². The van der Waals surface area contributed by atoms with E-state index in [9.17, 15) is 4.79 Å². The maximum absolute atomic E-state index is 12.1. The number of aromatic nitrogens is 1. The highest BCUT2D eigenvalue weighted by atomic mass is 16.3. The summed E-state index contributed by atoms with van der Waals surface area (Å²) in [5.74, 6) is 0.237. The van der Waals surface area contributed by atoms with Crippen LogP contribution >= 0.6 is 0 Å². The number of nitrogens with two attached hydrogens (primary N) is 1. The molecule has 0 unspecified atom stereocenters. The number of nitrogens with zero attached hydrogens (tertiary/aromatic N) is 1. The summed E-state index contributed by atoms with van der Waals surface area (Å²) >= 11 is 0. The van der Waals surface area contributed by atoms with Gasteiger partial charge in [0.1, 0.15) is 5.82 Å². The van der Waals surface area contributed by atoms with Crippen molar-refractivity contribution in [2.75, 3.05) is 11.1 Å². The quantitative estimate of drug-likeness (QED) is 0.774. The largest absolute Gasteiger partial charge is 0.449 e. The Bertz CT molecular complexity index is 768. The lowest BCUT2D eigenvalue weighted by molar-refractivity contribution is 0.102. The number of nitrogens with one attached hydrogen (secondary N) is 1. The number of benzene rings is 1. The van der Waals surface area contributed by atoms with Crippen molar-refractivity contribution in [3.63, 3.8) is 0 Å². The molecular weight excluding hydrogens is 278 g/mol. The van der Waals surface area contributed by atoms with Gasteiger partial charge < -0.3 is 10.2 Å². The second-order valence-corrected chi connectivity index (χ2v) is 4.83. The predicted molar refractivity (Wildman–Crippen MR) is 84.6 cm³/mol. The summed E-state index contributed by atoms with van der Waals surface area (Å²) in [4.78, 5) is 16.4. The summed E-state index contributed by atoms with van der Waals surface area (Å²) in [5, 5.41) is 2.62. The summed E-state index contributed by atoms with van der Waals surface area (Å²) in [6.07, 6.45) is 2.16. The van der Waals surface area contributed by atoms with Crippen LogP contribution < -0.4 is 11.1 Å². The van der Waals surface area contributed by atoms with Crippen LogP contribution in [0.5, 0.6) is 0 Å². The molecule has 22 heavy (non-hydrogen) atoms. The van der Waals surface area contributed by atoms with E-state index in [2.05, 4.69) is 10.3 Å². The third-order valence-corrected chi connectivity index (χ3v) is 3.21. The minimum atomic E-state index is -0.341. The van der Waals surface area contributed by atoms with E-state index >= 15 is 0 Å². The SMILES string of the molecule is Nc1nc(Cc2ccccc2)ccc1C(=O)Nc1ccco1. The molecule has 1 aromatic carbocycles. The lowest BCUT2D eigenvalue weighted by Crippen LogP contribution is -2.15. The molecule has 5 nitrogen and oxygen atoms in total. The molecule has 0 atom stereocenters. The van der Waals surface area contributed by atoms with Crippen LogP contribution in [-0.4, -0.2) is 10.9 Å². The summed E-state index contributed by atoms with van der Waals surface area (Å²) < 4.78 is 5.08. The fourth-order valence-corrected chi connectivity index (χ4v) is 2.14. The molecule has 0 aliphatic carbocycles. The number of furan rings is 1. The number of anilines is 2. The fraction of sp³-hybridized carbons (Fsp3) is 0.0588. The van der Waals surface area contributed by atoms with Crippen molar-refractivity contribution in [3.05, 3.63) is 77.7 Å². The Morgan fingerprint density at radius 1 is 1.09 bits per heavy atom. The van der Waals surface area contributed by atoms with Crippen molar-refractivity contribution in [3.8, 4) is 0 Å². The summed E-state index contributed by atoms with van der Waals surface area (Å²) in [5.41, 5.74) is 8.19. The number of pyridine rings is 1. The van der Waals surface area contributed by atoms with Gasteiger partial charge in [-0.3, -0.25) is 10.1 Å². The molecule has 0 aliphatic heterocycles. The van der Waals surface area contributed by atoms with Gasteiger partial charge in [0, 0.05) is 18.2 Å². The molecule has 5 heteroatoms. The Kier molecular flexibility index (Phi) is 3.87. The molecule has 3 rings (SSSR count). The molecule has 2 aromatic heterocycles. The van der Waals surface area contributed by atoms with E-state index in [4.69, 9.17) is 10.2 Å². The van der Waals surface area contributed by atoms with E-state index in [1.165, 1.54) is 6.26 Å². The number of nitrogen functional groups attached to an aromatic ring is 1. The van der Waals surface area contributed by atoms with Crippen LogP contribution in [0.4, 0.5) is 11.7 Å². The molecular formula is C17H15N3O2. The summed E-state index contributed by atoms with van der Waals surface area (Å²) in [6, 6.07) is 16.8. The zero-order valence-corrected chi connectivity index (χ0v) is 11.8. The van der Waals surface area contributed by atoms with Gasteiger partial charge in [-0.1, -0.05) is 30.3 Å². The minimum absolute atomic E-state index is 0.206. The van der Waals surface area contributed by atoms with Gasteiger partial charge in [0.2, 0.25) is 0 Å². The van der Waals surface area contributed by atoms with Gasteiger partial charge in [-0.15, -0.1) is 0 Å². The number of carbonyl (C=O) groups is 1. The minimum Gasteiger partial charge on any atom is -0.449 e. The Morgan fingerprint density at radius 3 is 2.59 bits per heavy atom. The molecule has 0 saturated carbocycles. The van der Waals surface area contributed by atoms with Gasteiger partial charge in [-0.2, -0.15) is 0 Å². The van der Waals surface area contributed by atoms with Crippen molar-refractivity contribution < 1.29 is 9.21 Å². The van der Waals surface area contributed by atoms with Crippen molar-refractivity contribution in [2.24, 2.45) is 0 Å². The van der Waals surface area contributed by atoms with E-state index in [0.717, 1.165) is 11.3 Å². The average molecular weight is 293 g/mol. The first-order valence-electron chi connectivity index (χ1n) is 6.86. The Labute approximate surface area is 127 Å². The monoisotopic (exact) mass is 293 g/mol. The van der Waals surface area contributed by atoms with Crippen molar-refractivity contribution in [2.45, 2.75) is 6.42 Å². The van der Waals surface area contributed by atoms with E-state index in [-0.39, 0.29) is 11.7 Å². The van der Waals surface area contributed by atoms with Crippen molar-refractivity contribution in [1.82, 2.24) is 4.98 Å². The smallest absolute Gasteiger partial charge is 0.261 e. The average Bonchev–Trinajstić information content (AvgIpc) is 3.01. The topological polar surface area (TPSA) is 81.1 Å². The van der Waals surface area contributed by atoms with Crippen LogP contribution in [0.25, 0.3) is 0 Å². The van der Waals surface area contributed by atoms with Gasteiger partial charge in [0.25, 0.3) is 5.91 Å². The van der Waals surface area contributed by atoms with Gasteiger partial charge in [-0.05, 0) is 23.8 Å². The summed E-state index contributed by atoms with van der Waals surface area (Å²) in [7, 11) is 0. The maximum Gasteiger partial charge on any atom is 0.261 e. The highest BCUT2D eigenvalue weighted by Gasteiger charge is 2.13. The molecule has 3 N–H and O–H groups in total. The number of rotatable bonds is 4. The lowest BCUT2D eigenvalue weighted by atomic mass is 10.1. The molecule has 1 amide bonds. The van der Waals surface area contributed by atoms with Crippen LogP contribution in [0.1, 0.15) is 21.6 Å². The molecule has 2 heterocycles. The number of hydrogen-bond donors (Lipinski definition) is 2. The van der Waals surface area contributed by atoms with Crippen LogP contribution in [0.15, 0.2) is 65.3 Å². The molecule has 3 aromatic rings. The van der Waals surface area contributed by atoms with Crippen molar-refractivity contribution in [1.29, 1.82) is 0 Å². The first-order valence-corrected chi connectivity index (χ1v) is 6.86. The Morgan fingerprint density at radius 2 is 1.91 bits per heavy atom. The third-order valence-electron chi connectivity index (χ3n) is 3.21. The molecule has 0 radical (unpaired) electrons. The second-order valence-electron chi connectivity index (χ2n) is 4.83. The van der Waals surface area contributed by atoms with E-state index in [0.29, 0.717) is 17.9 Å². The normalized spacial score (nSPS) is 10.4. The first kappa shape index (κ1) is 13.9. The van der Waals surface area contributed by atoms with Crippen LogP contribution in [-0.2, 0) is 6.42 Å². The molecule has 110 valence electrons. The molecule has 0 aliphatic rings. The Hall–Kier alpha value is -3.08. The van der Waals surface area contributed by atoms with Crippen LogP contribution in [0.2, 0.25) is 0 Å². The predicted octanol–water partition coefficient (Wildman–Crippen LogP) is 3.10. The molecule has 0 bridgehead atoms. The number of hydrogen-bond acceptors (Lipinski definition) is 4. The van der Waals surface area contributed by atoms with Gasteiger partial charge in [0.05, 0.1) is 11.8 Å². The maximum atomic E-state index is 12.1. The highest BCUT2D eigenvalue weighted by molar-refractivity contribution is 6.06. The highest BCUT2D eigenvalue weighted by Crippen LogP contribution is 2.16. The second kappa shape index (κ2) is 6.13. The van der Waals surface area contributed by atoms with E-state index in [1.807, 2.05) is 30.3 Å². The van der Waals surface area contributed by atoms with E-state index in [1.54, 1.807) is 24.3 Å². The van der Waals surface area contributed by atoms with Gasteiger partial charge in [0.15, 0.2) is 5.88 Å². The van der Waals surface area contributed by atoms with Gasteiger partial charge >= 0.3 is 0 Å². The van der Waals surface area contributed by atoms with Gasteiger partial charge in [-0.25, -0.2) is 4.98 Å². The number of carbonyl (C=O) groups excluding carboxylic acids is 1. The number of amides is 1.